The zero-order chi connectivity index (χ0) is 18.7. The van der Waals surface area contributed by atoms with Crippen molar-refractivity contribution in [2.24, 2.45) is 7.05 Å². The number of aromatic nitrogens is 2. The standard InChI is InChI=1S/C19H19F2N3O2/c1-23-18(25)3-2-17(22-23)12-19(26)24-6-4-13(5-7-24)8-14-9-15(20)11-16(21)10-14/h2-3,8-11H,4-7,12H2,1H3. The SMILES string of the molecule is Cn1nc(CC(=O)N2CCC(=Cc3cc(F)cc(F)c3)CC2)ccc1=O. The number of piperidine rings is 1. The summed E-state index contributed by atoms with van der Waals surface area (Å²) in [6.45, 7) is 1.10. The molecule has 3 rings (SSSR count). The minimum atomic E-state index is -0.603. The first-order valence-corrected chi connectivity index (χ1v) is 8.37. The molecule has 1 aliphatic heterocycles. The molecule has 7 heteroatoms. The molecule has 0 radical (unpaired) electrons. The number of halogens is 2. The van der Waals surface area contributed by atoms with Crippen molar-refractivity contribution >= 4 is 12.0 Å². The zero-order valence-corrected chi connectivity index (χ0v) is 14.4. The third-order valence-corrected chi connectivity index (χ3v) is 4.36. The Morgan fingerprint density at radius 1 is 1.15 bits per heavy atom. The van der Waals surface area contributed by atoms with Crippen molar-refractivity contribution in [2.75, 3.05) is 13.1 Å². The van der Waals surface area contributed by atoms with Crippen molar-refractivity contribution in [2.45, 2.75) is 19.3 Å². The topological polar surface area (TPSA) is 55.2 Å². The van der Waals surface area contributed by atoms with E-state index in [2.05, 4.69) is 5.10 Å². The number of amides is 1. The maximum Gasteiger partial charge on any atom is 0.266 e. The highest BCUT2D eigenvalue weighted by atomic mass is 19.1. The molecular weight excluding hydrogens is 340 g/mol. The van der Waals surface area contributed by atoms with Crippen LogP contribution in [0.15, 0.2) is 40.7 Å². The van der Waals surface area contributed by atoms with Gasteiger partial charge in [0.25, 0.3) is 5.56 Å². The van der Waals surface area contributed by atoms with Gasteiger partial charge in [0.1, 0.15) is 11.6 Å². The van der Waals surface area contributed by atoms with E-state index in [1.54, 1.807) is 24.1 Å². The number of benzene rings is 1. The Bertz CT molecular complexity index is 891. The highest BCUT2D eigenvalue weighted by Crippen LogP contribution is 2.21. The summed E-state index contributed by atoms with van der Waals surface area (Å²) in [5.74, 6) is -1.25. The molecule has 0 atom stereocenters. The van der Waals surface area contributed by atoms with Gasteiger partial charge in [0.2, 0.25) is 5.91 Å². The van der Waals surface area contributed by atoms with Crippen LogP contribution in [0.3, 0.4) is 0 Å². The number of carbonyl (C=O) groups excluding carboxylic acids is 1. The number of carbonyl (C=O) groups is 1. The van der Waals surface area contributed by atoms with Gasteiger partial charge in [0, 0.05) is 32.3 Å². The van der Waals surface area contributed by atoms with Crippen LogP contribution in [-0.4, -0.2) is 33.7 Å². The average Bonchev–Trinajstić information content (AvgIpc) is 2.58. The smallest absolute Gasteiger partial charge is 0.266 e. The van der Waals surface area contributed by atoms with Gasteiger partial charge in [-0.2, -0.15) is 5.10 Å². The van der Waals surface area contributed by atoms with E-state index >= 15 is 0 Å². The molecule has 0 aliphatic carbocycles. The Morgan fingerprint density at radius 2 is 1.81 bits per heavy atom. The third-order valence-electron chi connectivity index (χ3n) is 4.36. The molecule has 136 valence electrons. The summed E-state index contributed by atoms with van der Waals surface area (Å²) >= 11 is 0. The number of aryl methyl sites for hydroxylation is 1. The molecule has 1 aromatic carbocycles. The summed E-state index contributed by atoms with van der Waals surface area (Å²) in [7, 11) is 1.55. The third kappa shape index (κ3) is 4.41. The summed E-state index contributed by atoms with van der Waals surface area (Å²) in [4.78, 5) is 25.5. The van der Waals surface area contributed by atoms with Crippen molar-refractivity contribution < 1.29 is 13.6 Å². The van der Waals surface area contributed by atoms with Gasteiger partial charge in [-0.25, -0.2) is 13.5 Å². The van der Waals surface area contributed by atoms with E-state index in [1.807, 2.05) is 0 Å². The quantitative estimate of drug-likeness (QED) is 0.845. The lowest BCUT2D eigenvalue weighted by molar-refractivity contribution is -0.130. The number of nitrogens with zero attached hydrogens (tertiary/aromatic N) is 3. The minimum absolute atomic E-state index is 0.0491. The Kier molecular flexibility index (Phi) is 5.25. The Balaban J connectivity index is 1.60. The van der Waals surface area contributed by atoms with Gasteiger partial charge in [-0.3, -0.25) is 9.59 Å². The molecule has 1 aromatic heterocycles. The van der Waals surface area contributed by atoms with Gasteiger partial charge in [-0.05, 0) is 36.6 Å². The maximum atomic E-state index is 13.3. The van der Waals surface area contributed by atoms with Crippen LogP contribution < -0.4 is 5.56 Å². The van der Waals surface area contributed by atoms with Crippen LogP contribution >= 0.6 is 0 Å². The normalized spacial score (nSPS) is 14.4. The second kappa shape index (κ2) is 7.59. The first-order valence-electron chi connectivity index (χ1n) is 8.37. The molecule has 1 aliphatic rings. The van der Waals surface area contributed by atoms with E-state index in [4.69, 9.17) is 0 Å². The van der Waals surface area contributed by atoms with Crippen molar-refractivity contribution in [1.29, 1.82) is 0 Å². The molecule has 5 nitrogen and oxygen atoms in total. The molecule has 1 amide bonds. The highest BCUT2D eigenvalue weighted by molar-refractivity contribution is 5.78. The molecule has 2 heterocycles. The molecule has 1 saturated heterocycles. The van der Waals surface area contributed by atoms with Crippen molar-refractivity contribution in [3.63, 3.8) is 0 Å². The van der Waals surface area contributed by atoms with Crippen molar-refractivity contribution in [3.8, 4) is 0 Å². The molecule has 2 aromatic rings. The van der Waals surface area contributed by atoms with Crippen molar-refractivity contribution in [1.82, 2.24) is 14.7 Å². The molecule has 26 heavy (non-hydrogen) atoms. The highest BCUT2D eigenvalue weighted by Gasteiger charge is 2.20. The largest absolute Gasteiger partial charge is 0.342 e. The summed E-state index contributed by atoms with van der Waals surface area (Å²) in [5.41, 5.74) is 1.88. The van der Waals surface area contributed by atoms with Gasteiger partial charge in [-0.15, -0.1) is 0 Å². The van der Waals surface area contributed by atoms with Gasteiger partial charge < -0.3 is 4.90 Å². The fourth-order valence-corrected chi connectivity index (χ4v) is 2.99. The van der Waals surface area contributed by atoms with Crippen LogP contribution in [0.1, 0.15) is 24.1 Å². The zero-order valence-electron chi connectivity index (χ0n) is 14.4. The van der Waals surface area contributed by atoms with Gasteiger partial charge >= 0.3 is 0 Å². The molecule has 0 spiro atoms. The average molecular weight is 359 g/mol. The summed E-state index contributed by atoms with van der Waals surface area (Å²) in [6, 6.07) is 6.38. The second-order valence-electron chi connectivity index (χ2n) is 6.35. The molecule has 1 fully saturated rings. The first kappa shape index (κ1) is 18.0. The van der Waals surface area contributed by atoms with E-state index in [1.165, 1.54) is 22.9 Å². The summed E-state index contributed by atoms with van der Waals surface area (Å²) in [5, 5.41) is 4.07. The molecule has 0 unspecified atom stereocenters. The fourth-order valence-electron chi connectivity index (χ4n) is 2.99. The van der Waals surface area contributed by atoms with Gasteiger partial charge in [-0.1, -0.05) is 11.6 Å². The Hall–Kier alpha value is -2.83. The predicted octanol–water partition coefficient (Wildman–Crippen LogP) is 2.31. The Labute approximate surface area is 149 Å². The van der Waals surface area contributed by atoms with E-state index in [-0.39, 0.29) is 17.9 Å². The van der Waals surface area contributed by atoms with Gasteiger partial charge in [0.05, 0.1) is 12.1 Å². The lowest BCUT2D eigenvalue weighted by atomic mass is 10.0. The van der Waals surface area contributed by atoms with E-state index in [0.29, 0.717) is 37.2 Å². The van der Waals surface area contributed by atoms with E-state index in [9.17, 15) is 18.4 Å². The molecule has 0 N–H and O–H groups in total. The predicted molar refractivity (Wildman–Crippen MR) is 93.3 cm³/mol. The lowest BCUT2D eigenvalue weighted by Crippen LogP contribution is -2.37. The molecule has 0 saturated carbocycles. The number of likely N-dealkylation sites (tertiary alicyclic amines) is 1. The summed E-state index contributed by atoms with van der Waals surface area (Å²) in [6.07, 6.45) is 3.24. The number of rotatable bonds is 3. The van der Waals surface area contributed by atoms with E-state index < -0.39 is 11.6 Å². The van der Waals surface area contributed by atoms with Crippen LogP contribution in [0.4, 0.5) is 8.78 Å². The second-order valence-corrected chi connectivity index (χ2v) is 6.35. The monoisotopic (exact) mass is 359 g/mol. The number of hydrogen-bond donors (Lipinski definition) is 0. The molecule has 0 bridgehead atoms. The lowest BCUT2D eigenvalue weighted by Gasteiger charge is -2.28. The van der Waals surface area contributed by atoms with Gasteiger partial charge in [0.15, 0.2) is 0 Å². The van der Waals surface area contributed by atoms with Crippen LogP contribution in [-0.2, 0) is 18.3 Å². The van der Waals surface area contributed by atoms with Crippen molar-refractivity contribution in [3.05, 3.63) is 69.2 Å². The first-order chi connectivity index (χ1) is 12.4. The Morgan fingerprint density at radius 3 is 2.42 bits per heavy atom. The van der Waals surface area contributed by atoms with Crippen LogP contribution in [0, 0.1) is 11.6 Å². The summed E-state index contributed by atoms with van der Waals surface area (Å²) < 4.78 is 27.7. The van der Waals surface area contributed by atoms with Crippen LogP contribution in [0.5, 0.6) is 0 Å². The minimum Gasteiger partial charge on any atom is -0.342 e. The van der Waals surface area contributed by atoms with E-state index in [0.717, 1.165) is 11.6 Å². The maximum absolute atomic E-state index is 13.3. The molecular formula is C19H19F2N3O2. The number of hydrogen-bond acceptors (Lipinski definition) is 3. The van der Waals surface area contributed by atoms with Crippen LogP contribution in [0.25, 0.3) is 6.08 Å². The fraction of sp³-hybridized carbons (Fsp3) is 0.316. The van der Waals surface area contributed by atoms with Crippen LogP contribution in [0.2, 0.25) is 0 Å².